The van der Waals surface area contributed by atoms with Gasteiger partial charge in [-0.2, -0.15) is 0 Å². The maximum absolute atomic E-state index is 6.49. The summed E-state index contributed by atoms with van der Waals surface area (Å²) >= 11 is 0. The van der Waals surface area contributed by atoms with Gasteiger partial charge in [0.2, 0.25) is 0 Å². The highest BCUT2D eigenvalue weighted by atomic mass is 16.5. The Morgan fingerprint density at radius 3 is 2.74 bits per heavy atom. The number of nitrogens with two attached hydrogens (primary N) is 2. The van der Waals surface area contributed by atoms with Crippen molar-refractivity contribution in [1.29, 1.82) is 0 Å². The molecule has 4 heteroatoms. The molecular formula is C15H25N3O. The van der Waals surface area contributed by atoms with Crippen molar-refractivity contribution in [3.05, 3.63) is 24.0 Å². The molecule has 106 valence electrons. The highest BCUT2D eigenvalue weighted by Gasteiger charge is 2.41. The number of pyridine rings is 1. The second-order valence-corrected chi connectivity index (χ2v) is 5.66. The van der Waals surface area contributed by atoms with Gasteiger partial charge in [0.15, 0.2) is 0 Å². The highest BCUT2D eigenvalue weighted by molar-refractivity contribution is 5.47. The number of hydrogen-bond donors (Lipinski definition) is 2. The van der Waals surface area contributed by atoms with Crippen LogP contribution in [-0.2, 0) is 4.74 Å². The maximum atomic E-state index is 6.49. The first-order chi connectivity index (χ1) is 9.09. The van der Waals surface area contributed by atoms with Crippen molar-refractivity contribution in [2.45, 2.75) is 51.2 Å². The van der Waals surface area contributed by atoms with Crippen LogP contribution in [0, 0.1) is 5.92 Å². The quantitative estimate of drug-likeness (QED) is 0.875. The standard InChI is InChI=1S/C15H25N3O/c1-3-19-15(7-4-11(2)5-8-15)14(17)12-10-18-9-6-13(12)16/h6,9-11,14H,3-5,7-8,17H2,1-2H3,(H2,16,18). The molecule has 1 atom stereocenters. The van der Waals surface area contributed by atoms with Crippen LogP contribution >= 0.6 is 0 Å². The third-order valence-electron chi connectivity index (χ3n) is 4.34. The van der Waals surface area contributed by atoms with E-state index in [9.17, 15) is 0 Å². The first-order valence-electron chi connectivity index (χ1n) is 7.18. The molecule has 0 aromatic carbocycles. The molecule has 0 aliphatic heterocycles. The van der Waals surface area contributed by atoms with Crippen LogP contribution in [0.1, 0.15) is 51.1 Å². The second kappa shape index (κ2) is 5.88. The molecule has 4 nitrogen and oxygen atoms in total. The maximum Gasteiger partial charge on any atom is 0.0875 e. The first kappa shape index (κ1) is 14.3. The second-order valence-electron chi connectivity index (χ2n) is 5.66. The largest absolute Gasteiger partial charge is 0.398 e. The fourth-order valence-corrected chi connectivity index (χ4v) is 3.04. The van der Waals surface area contributed by atoms with E-state index in [1.807, 2.05) is 6.92 Å². The number of aromatic nitrogens is 1. The summed E-state index contributed by atoms with van der Waals surface area (Å²) in [6.07, 6.45) is 7.79. The molecule has 2 rings (SSSR count). The molecule has 0 bridgehead atoms. The number of nitrogens with zero attached hydrogens (tertiary/aromatic N) is 1. The Hall–Kier alpha value is -1.13. The van der Waals surface area contributed by atoms with Gasteiger partial charge in [0.05, 0.1) is 11.6 Å². The molecule has 1 aromatic heterocycles. The monoisotopic (exact) mass is 263 g/mol. The third kappa shape index (κ3) is 2.90. The number of ether oxygens (including phenoxy) is 1. The van der Waals surface area contributed by atoms with Gasteiger partial charge in [0.1, 0.15) is 0 Å². The van der Waals surface area contributed by atoms with Gasteiger partial charge in [-0.15, -0.1) is 0 Å². The van der Waals surface area contributed by atoms with Gasteiger partial charge in [0.25, 0.3) is 0 Å². The Bertz CT molecular complexity index is 414. The minimum Gasteiger partial charge on any atom is -0.398 e. The van der Waals surface area contributed by atoms with Gasteiger partial charge in [-0.1, -0.05) is 6.92 Å². The highest BCUT2D eigenvalue weighted by Crippen LogP contribution is 2.42. The van der Waals surface area contributed by atoms with Gasteiger partial charge in [0, 0.05) is 30.3 Å². The van der Waals surface area contributed by atoms with Crippen LogP contribution in [0.4, 0.5) is 5.69 Å². The van der Waals surface area contributed by atoms with E-state index in [1.165, 1.54) is 0 Å². The predicted molar refractivity (Wildman–Crippen MR) is 77.6 cm³/mol. The average molecular weight is 263 g/mol. The van der Waals surface area contributed by atoms with E-state index >= 15 is 0 Å². The minimum atomic E-state index is -0.279. The summed E-state index contributed by atoms with van der Waals surface area (Å²) in [5.41, 5.74) is 13.9. The van der Waals surface area contributed by atoms with E-state index in [1.54, 1.807) is 18.5 Å². The molecule has 0 radical (unpaired) electrons. The van der Waals surface area contributed by atoms with Crippen LogP contribution in [0.25, 0.3) is 0 Å². The number of rotatable bonds is 4. The molecule has 1 aliphatic rings. The summed E-state index contributed by atoms with van der Waals surface area (Å²) in [6, 6.07) is 1.61. The zero-order valence-corrected chi connectivity index (χ0v) is 11.9. The molecule has 1 heterocycles. The molecule has 1 aliphatic carbocycles. The van der Waals surface area contributed by atoms with Gasteiger partial charge in [-0.3, -0.25) is 4.98 Å². The summed E-state index contributed by atoms with van der Waals surface area (Å²) in [7, 11) is 0. The van der Waals surface area contributed by atoms with Gasteiger partial charge in [-0.25, -0.2) is 0 Å². The van der Waals surface area contributed by atoms with E-state index in [4.69, 9.17) is 16.2 Å². The number of hydrogen-bond acceptors (Lipinski definition) is 4. The summed E-state index contributed by atoms with van der Waals surface area (Å²) in [4.78, 5) is 4.15. The van der Waals surface area contributed by atoms with E-state index in [0.29, 0.717) is 12.3 Å². The van der Waals surface area contributed by atoms with Crippen LogP contribution < -0.4 is 11.5 Å². The topological polar surface area (TPSA) is 74.2 Å². The molecule has 0 spiro atoms. The Kier molecular flexibility index (Phi) is 4.42. The SMILES string of the molecule is CCOC1(C(N)c2cnccc2N)CCC(C)CC1. The number of anilines is 1. The zero-order chi connectivity index (χ0) is 13.9. The summed E-state index contributed by atoms with van der Waals surface area (Å²) in [5.74, 6) is 0.757. The summed E-state index contributed by atoms with van der Waals surface area (Å²) in [5, 5.41) is 0. The molecule has 0 amide bonds. The Morgan fingerprint density at radius 1 is 1.47 bits per heavy atom. The van der Waals surface area contributed by atoms with Crippen molar-refractivity contribution in [3.8, 4) is 0 Å². The zero-order valence-electron chi connectivity index (χ0n) is 11.9. The molecule has 1 aromatic rings. The van der Waals surface area contributed by atoms with Crippen molar-refractivity contribution in [1.82, 2.24) is 4.98 Å². The van der Waals surface area contributed by atoms with Gasteiger partial charge in [-0.05, 0) is 44.6 Å². The van der Waals surface area contributed by atoms with Crippen molar-refractivity contribution in [2.75, 3.05) is 12.3 Å². The smallest absolute Gasteiger partial charge is 0.0875 e. The molecular weight excluding hydrogens is 238 g/mol. The van der Waals surface area contributed by atoms with Crippen molar-refractivity contribution in [3.63, 3.8) is 0 Å². The van der Waals surface area contributed by atoms with E-state index in [0.717, 1.165) is 37.2 Å². The average Bonchev–Trinajstić information content (AvgIpc) is 2.42. The normalized spacial score (nSPS) is 29.1. The van der Waals surface area contributed by atoms with E-state index in [2.05, 4.69) is 11.9 Å². The van der Waals surface area contributed by atoms with Crippen LogP contribution in [0.3, 0.4) is 0 Å². The summed E-state index contributed by atoms with van der Waals surface area (Å²) < 4.78 is 6.08. The van der Waals surface area contributed by atoms with Crippen LogP contribution in [-0.4, -0.2) is 17.2 Å². The predicted octanol–water partition coefficient (Wildman–Crippen LogP) is 2.65. The van der Waals surface area contributed by atoms with E-state index in [-0.39, 0.29) is 11.6 Å². The Morgan fingerprint density at radius 2 is 2.16 bits per heavy atom. The van der Waals surface area contributed by atoms with Crippen molar-refractivity contribution >= 4 is 5.69 Å². The van der Waals surface area contributed by atoms with Crippen molar-refractivity contribution < 1.29 is 4.74 Å². The lowest BCUT2D eigenvalue weighted by molar-refractivity contribution is -0.0896. The lowest BCUT2D eigenvalue weighted by Crippen LogP contribution is -2.46. The molecule has 1 unspecified atom stereocenters. The molecule has 19 heavy (non-hydrogen) atoms. The van der Waals surface area contributed by atoms with Gasteiger partial charge >= 0.3 is 0 Å². The van der Waals surface area contributed by atoms with Gasteiger partial charge < -0.3 is 16.2 Å². The third-order valence-corrected chi connectivity index (χ3v) is 4.34. The Balaban J connectivity index is 2.26. The fraction of sp³-hybridized carbons (Fsp3) is 0.667. The fourth-order valence-electron chi connectivity index (χ4n) is 3.04. The molecule has 0 saturated heterocycles. The molecule has 4 N–H and O–H groups in total. The Labute approximate surface area is 115 Å². The minimum absolute atomic E-state index is 0.200. The van der Waals surface area contributed by atoms with E-state index < -0.39 is 0 Å². The lowest BCUT2D eigenvalue weighted by Gasteiger charge is -2.43. The van der Waals surface area contributed by atoms with Crippen molar-refractivity contribution in [2.24, 2.45) is 11.7 Å². The van der Waals surface area contributed by atoms with Crippen LogP contribution in [0.15, 0.2) is 18.5 Å². The lowest BCUT2D eigenvalue weighted by atomic mass is 9.73. The first-order valence-corrected chi connectivity index (χ1v) is 7.18. The van der Waals surface area contributed by atoms with Crippen LogP contribution in [0.5, 0.6) is 0 Å². The number of nitrogen functional groups attached to an aromatic ring is 1. The molecule has 1 saturated carbocycles. The molecule has 1 fully saturated rings. The summed E-state index contributed by atoms with van der Waals surface area (Å²) in [6.45, 7) is 5.00. The van der Waals surface area contributed by atoms with Crippen LogP contribution in [0.2, 0.25) is 0 Å².